The molecule has 1 aliphatic heterocycles. The monoisotopic (exact) mass is 152 g/mol. The lowest BCUT2D eigenvalue weighted by Gasteiger charge is -1.98. The maximum absolute atomic E-state index is 11.3. The number of aromatic nitrogens is 2. The molecule has 11 heavy (non-hydrogen) atoms. The Bertz CT molecular complexity index is 343. The molecular weight excluding hydrogens is 144 g/mol. The molecule has 0 aromatic carbocycles. The lowest BCUT2D eigenvalue weighted by Crippen LogP contribution is -2.20. The van der Waals surface area contributed by atoms with Crippen LogP contribution in [0.2, 0.25) is 0 Å². The molecule has 58 valence electrons. The van der Waals surface area contributed by atoms with Crippen molar-refractivity contribution in [1.82, 2.24) is 9.55 Å². The molecule has 1 aliphatic rings. The van der Waals surface area contributed by atoms with Crippen molar-refractivity contribution < 1.29 is 4.74 Å². The van der Waals surface area contributed by atoms with E-state index in [1.165, 1.54) is 0 Å². The number of nitrogens with zero attached hydrogens (tertiary/aromatic N) is 2. The van der Waals surface area contributed by atoms with E-state index < -0.39 is 0 Å². The van der Waals surface area contributed by atoms with E-state index in [0.717, 1.165) is 0 Å². The summed E-state index contributed by atoms with van der Waals surface area (Å²) < 4.78 is 6.64. The molecule has 4 nitrogen and oxygen atoms in total. The van der Waals surface area contributed by atoms with Crippen LogP contribution < -0.4 is 10.3 Å². The predicted octanol–water partition coefficient (Wildman–Crippen LogP) is -0.0559. The van der Waals surface area contributed by atoms with Crippen molar-refractivity contribution in [3.63, 3.8) is 0 Å². The Morgan fingerprint density at radius 2 is 2.55 bits per heavy atom. The molecule has 0 saturated heterocycles. The molecule has 2 rings (SSSR count). The maximum atomic E-state index is 11.3. The lowest BCUT2D eigenvalue weighted by atomic mass is 10.4. The molecule has 0 unspecified atom stereocenters. The van der Waals surface area contributed by atoms with Gasteiger partial charge in [0.05, 0.1) is 6.54 Å². The molecule has 2 heterocycles. The van der Waals surface area contributed by atoms with Crippen molar-refractivity contribution in [3.8, 4) is 6.01 Å². The number of hydrogen-bond acceptors (Lipinski definition) is 3. The predicted molar refractivity (Wildman–Crippen MR) is 38.7 cm³/mol. The molecule has 0 aliphatic carbocycles. The van der Waals surface area contributed by atoms with Crippen LogP contribution in [-0.4, -0.2) is 16.2 Å². The van der Waals surface area contributed by atoms with Crippen molar-refractivity contribution >= 4 is 0 Å². The van der Waals surface area contributed by atoms with Gasteiger partial charge in [-0.15, -0.1) is 0 Å². The van der Waals surface area contributed by atoms with Gasteiger partial charge in [-0.05, 0) is 6.92 Å². The van der Waals surface area contributed by atoms with E-state index >= 15 is 0 Å². The number of hydrogen-bond donors (Lipinski definition) is 0. The fourth-order valence-corrected chi connectivity index (χ4v) is 1.12. The van der Waals surface area contributed by atoms with E-state index in [4.69, 9.17) is 4.74 Å². The minimum Gasteiger partial charge on any atom is -0.463 e. The first kappa shape index (κ1) is 6.39. The molecule has 0 fully saturated rings. The molecule has 0 bridgehead atoms. The quantitative estimate of drug-likeness (QED) is 0.523. The molecule has 0 atom stereocenters. The van der Waals surface area contributed by atoms with Crippen LogP contribution in [0.5, 0.6) is 6.01 Å². The Labute approximate surface area is 63.4 Å². The van der Waals surface area contributed by atoms with E-state index in [9.17, 15) is 4.79 Å². The third-order valence-corrected chi connectivity index (χ3v) is 1.73. The van der Waals surface area contributed by atoms with Crippen molar-refractivity contribution in [2.75, 3.05) is 6.61 Å². The highest BCUT2D eigenvalue weighted by Gasteiger charge is 2.14. The minimum atomic E-state index is 0.00694. The van der Waals surface area contributed by atoms with Crippen LogP contribution in [0.3, 0.4) is 0 Å². The summed E-state index contributed by atoms with van der Waals surface area (Å²) in [6.07, 6.45) is 1.54. The van der Waals surface area contributed by atoms with Gasteiger partial charge in [-0.25, -0.2) is 4.98 Å². The second-order valence-electron chi connectivity index (χ2n) is 2.53. The van der Waals surface area contributed by atoms with Crippen LogP contribution in [0.1, 0.15) is 5.56 Å². The average molecular weight is 152 g/mol. The summed E-state index contributed by atoms with van der Waals surface area (Å²) in [4.78, 5) is 15.3. The first-order chi connectivity index (χ1) is 5.29. The molecule has 1 aromatic heterocycles. The fourth-order valence-electron chi connectivity index (χ4n) is 1.12. The molecule has 1 aromatic rings. The first-order valence-electron chi connectivity index (χ1n) is 3.48. The Balaban J connectivity index is 2.72. The average Bonchev–Trinajstić information content (AvgIpc) is 2.45. The molecule has 0 radical (unpaired) electrons. The van der Waals surface area contributed by atoms with E-state index in [1.807, 2.05) is 0 Å². The van der Waals surface area contributed by atoms with Crippen LogP contribution in [0.4, 0.5) is 0 Å². The fraction of sp³-hybridized carbons (Fsp3) is 0.429. The number of aryl methyl sites for hydroxylation is 1. The van der Waals surface area contributed by atoms with Crippen molar-refractivity contribution in [1.29, 1.82) is 0 Å². The van der Waals surface area contributed by atoms with E-state index in [0.29, 0.717) is 24.7 Å². The minimum absolute atomic E-state index is 0.00694. The van der Waals surface area contributed by atoms with Crippen molar-refractivity contribution in [3.05, 3.63) is 22.1 Å². The number of ether oxygens (including phenoxy) is 1. The summed E-state index contributed by atoms with van der Waals surface area (Å²) >= 11 is 0. The Kier molecular flexibility index (Phi) is 1.21. The largest absolute Gasteiger partial charge is 0.463 e. The van der Waals surface area contributed by atoms with Gasteiger partial charge in [-0.2, -0.15) is 0 Å². The zero-order valence-electron chi connectivity index (χ0n) is 6.20. The van der Waals surface area contributed by atoms with Gasteiger partial charge in [-0.3, -0.25) is 9.36 Å². The summed E-state index contributed by atoms with van der Waals surface area (Å²) in [6, 6.07) is 0.445. The normalized spacial score (nSPS) is 14.3. The summed E-state index contributed by atoms with van der Waals surface area (Å²) in [5.41, 5.74) is 0.673. The second kappa shape index (κ2) is 2.08. The lowest BCUT2D eigenvalue weighted by molar-refractivity contribution is 0.344. The van der Waals surface area contributed by atoms with Gasteiger partial charge < -0.3 is 4.74 Å². The Hall–Kier alpha value is -1.32. The van der Waals surface area contributed by atoms with Gasteiger partial charge in [0.25, 0.3) is 11.6 Å². The summed E-state index contributed by atoms with van der Waals surface area (Å²) in [6.45, 7) is 2.94. The van der Waals surface area contributed by atoms with Crippen molar-refractivity contribution in [2.24, 2.45) is 0 Å². The molecule has 0 spiro atoms. The molecule has 4 heteroatoms. The Morgan fingerprint density at radius 1 is 1.73 bits per heavy atom. The van der Waals surface area contributed by atoms with Gasteiger partial charge in [0.1, 0.15) is 6.61 Å². The second-order valence-corrected chi connectivity index (χ2v) is 2.53. The van der Waals surface area contributed by atoms with Crippen LogP contribution >= 0.6 is 0 Å². The van der Waals surface area contributed by atoms with Crippen LogP contribution in [0, 0.1) is 6.92 Å². The number of rotatable bonds is 0. The summed E-state index contributed by atoms with van der Waals surface area (Å²) in [5, 5.41) is 0. The zero-order chi connectivity index (χ0) is 7.84. The van der Waals surface area contributed by atoms with E-state index in [2.05, 4.69) is 4.98 Å². The molecular formula is C7H8N2O2. The van der Waals surface area contributed by atoms with Crippen LogP contribution in [0.15, 0.2) is 11.0 Å². The smallest absolute Gasteiger partial charge is 0.299 e. The van der Waals surface area contributed by atoms with Gasteiger partial charge in [0.15, 0.2) is 0 Å². The first-order valence-corrected chi connectivity index (χ1v) is 3.48. The third-order valence-electron chi connectivity index (χ3n) is 1.73. The highest BCUT2D eigenvalue weighted by Crippen LogP contribution is 2.09. The molecule has 0 N–H and O–H groups in total. The third kappa shape index (κ3) is 0.824. The highest BCUT2D eigenvalue weighted by molar-refractivity contribution is 5.10. The van der Waals surface area contributed by atoms with E-state index in [-0.39, 0.29) is 5.56 Å². The molecule has 0 amide bonds. The standard InChI is InChI=1S/C7H8N2O2/c1-5-4-8-7-9(6(5)10)2-3-11-7/h4H,2-3H2,1H3. The summed E-state index contributed by atoms with van der Waals surface area (Å²) in [5.74, 6) is 0. The van der Waals surface area contributed by atoms with Crippen LogP contribution in [-0.2, 0) is 6.54 Å². The van der Waals surface area contributed by atoms with Gasteiger partial charge >= 0.3 is 0 Å². The SMILES string of the molecule is Cc1cnc2n(c1=O)CCO2. The van der Waals surface area contributed by atoms with Crippen molar-refractivity contribution in [2.45, 2.75) is 13.5 Å². The number of fused-ring (bicyclic) bond motifs is 1. The highest BCUT2D eigenvalue weighted by atomic mass is 16.5. The van der Waals surface area contributed by atoms with Gasteiger partial charge in [0, 0.05) is 11.8 Å². The van der Waals surface area contributed by atoms with E-state index in [1.54, 1.807) is 17.7 Å². The maximum Gasteiger partial charge on any atom is 0.299 e. The summed E-state index contributed by atoms with van der Waals surface area (Å²) in [7, 11) is 0. The van der Waals surface area contributed by atoms with Crippen LogP contribution in [0.25, 0.3) is 0 Å². The van der Waals surface area contributed by atoms with Gasteiger partial charge in [0.2, 0.25) is 0 Å². The zero-order valence-corrected chi connectivity index (χ0v) is 6.20. The topological polar surface area (TPSA) is 44.1 Å². The Morgan fingerprint density at radius 3 is 3.36 bits per heavy atom. The molecule has 0 saturated carbocycles. The van der Waals surface area contributed by atoms with Gasteiger partial charge in [-0.1, -0.05) is 0 Å².